The summed E-state index contributed by atoms with van der Waals surface area (Å²) in [6, 6.07) is 19.2. The Morgan fingerprint density at radius 1 is 1.11 bits per heavy atom. The fourth-order valence-corrected chi connectivity index (χ4v) is 6.83. The van der Waals surface area contributed by atoms with Crippen molar-refractivity contribution in [2.75, 3.05) is 5.32 Å². The molecule has 0 saturated heterocycles. The monoisotopic (exact) mass is 696 g/mol. The van der Waals surface area contributed by atoms with E-state index in [1.807, 2.05) is 49.4 Å². The summed E-state index contributed by atoms with van der Waals surface area (Å²) in [6.45, 7) is 2.15. The highest BCUT2D eigenvalue weighted by Crippen LogP contribution is 2.42. The number of fused-ring (bicyclic) bond motifs is 1. The molecule has 0 amide bonds. The minimum atomic E-state index is -0.685. The number of nitrogens with zero attached hydrogens (tertiary/aromatic N) is 3. The van der Waals surface area contributed by atoms with Crippen molar-refractivity contribution in [2.24, 2.45) is 0 Å². The number of nitrogens with one attached hydrogen (secondary N) is 1. The van der Waals surface area contributed by atoms with Crippen LogP contribution in [0.1, 0.15) is 61.8 Å². The summed E-state index contributed by atoms with van der Waals surface area (Å²) in [5, 5.41) is 9.20. The summed E-state index contributed by atoms with van der Waals surface area (Å²) in [6.07, 6.45) is 4.83. The molecule has 0 bridgehead atoms. The van der Waals surface area contributed by atoms with Gasteiger partial charge in [-0.05, 0) is 80.1 Å². The van der Waals surface area contributed by atoms with Crippen molar-refractivity contribution in [3.63, 3.8) is 0 Å². The summed E-state index contributed by atoms with van der Waals surface area (Å²) < 4.78 is 29.3. The number of allylic oxidation sites excluding steroid dienone is 1. The third-order valence-corrected chi connectivity index (χ3v) is 9.40. The van der Waals surface area contributed by atoms with Gasteiger partial charge in [-0.25, -0.2) is 13.9 Å². The lowest BCUT2D eigenvalue weighted by atomic mass is 9.94. The number of anilines is 1. The van der Waals surface area contributed by atoms with Crippen LogP contribution >= 0.6 is 39.3 Å². The molecular weight excluding hydrogens is 667 g/mol. The molecule has 1 aromatic heterocycles. The van der Waals surface area contributed by atoms with Gasteiger partial charge >= 0.3 is 5.97 Å². The Balaban J connectivity index is 1.37. The van der Waals surface area contributed by atoms with E-state index in [4.69, 9.17) is 31.2 Å². The Morgan fingerprint density at radius 3 is 2.66 bits per heavy atom. The number of rotatable bonds is 9. The molecule has 4 aromatic rings. The van der Waals surface area contributed by atoms with Gasteiger partial charge in [-0.1, -0.05) is 76.0 Å². The summed E-state index contributed by atoms with van der Waals surface area (Å²) in [5.41, 5.74) is 3.30. The summed E-state index contributed by atoms with van der Waals surface area (Å²) in [5.74, 6) is 0.754. The highest BCUT2D eigenvalue weighted by atomic mass is 79.9. The van der Waals surface area contributed by atoms with Crippen LogP contribution in [0.5, 0.6) is 5.75 Å². The topological polar surface area (TPSA) is 78.3 Å². The number of carbonyl (C=O) groups excluding carboxylic acids is 1. The lowest BCUT2D eigenvalue weighted by molar-refractivity contribution is -0.146. The van der Waals surface area contributed by atoms with E-state index >= 15 is 0 Å². The normalized spacial score (nSPS) is 16.8. The Morgan fingerprint density at radius 2 is 1.89 bits per heavy atom. The zero-order chi connectivity index (χ0) is 30.6. The third kappa shape index (κ3) is 6.98. The van der Waals surface area contributed by atoms with E-state index in [1.54, 1.807) is 22.9 Å². The first-order chi connectivity index (χ1) is 21.4. The molecule has 2 aliphatic rings. The molecule has 1 saturated carbocycles. The molecule has 1 aliphatic carbocycles. The van der Waals surface area contributed by atoms with Gasteiger partial charge in [-0.3, -0.25) is 0 Å². The second-order valence-corrected chi connectivity index (χ2v) is 13.2. The maximum absolute atomic E-state index is 14.3. The van der Waals surface area contributed by atoms with Crippen LogP contribution in [0.4, 0.5) is 10.3 Å². The molecule has 1 atom stereocenters. The molecule has 3 aromatic carbocycles. The number of thioether (sulfide) groups is 1. The highest BCUT2D eigenvalue weighted by Gasteiger charge is 2.38. The Kier molecular flexibility index (Phi) is 9.59. The minimum absolute atomic E-state index is 0.121. The first kappa shape index (κ1) is 30.7. The van der Waals surface area contributed by atoms with Gasteiger partial charge in [0.25, 0.3) is 0 Å². The standard InChI is InChI=1S/C33H31BrClFN4O3S/c1-20-29(31(41)43-25-8-3-2-4-9-25)30(26-17-23(34)13-16-28(26)42-18-21-11-14-24(35)15-12-21)40-32(37-20)38-33(39-40)44-19-22-7-5-6-10-27(22)36/h5-7,10-17,25,30H,2-4,8-9,18-19H2,1H3,(H,37,38,39). The second kappa shape index (κ2) is 13.7. The van der Waals surface area contributed by atoms with Crippen LogP contribution in [0, 0.1) is 5.82 Å². The average molecular weight is 698 g/mol. The molecular formula is C33H31BrClFN4O3S. The zero-order valence-electron chi connectivity index (χ0n) is 24.1. The molecule has 1 N–H and O–H groups in total. The molecule has 2 heterocycles. The molecule has 0 spiro atoms. The Hall–Kier alpha value is -3.34. The van der Waals surface area contributed by atoms with Gasteiger partial charge in [-0.15, -0.1) is 5.10 Å². The van der Waals surface area contributed by atoms with E-state index in [9.17, 15) is 9.18 Å². The number of halogens is 3. The highest BCUT2D eigenvalue weighted by molar-refractivity contribution is 9.10. The molecule has 6 rings (SSSR count). The van der Waals surface area contributed by atoms with Gasteiger partial charge in [0.05, 0.1) is 5.57 Å². The van der Waals surface area contributed by atoms with Crippen LogP contribution in [0.3, 0.4) is 0 Å². The van der Waals surface area contributed by atoms with Crippen molar-refractivity contribution in [2.45, 2.75) is 68.7 Å². The van der Waals surface area contributed by atoms with Gasteiger partial charge in [-0.2, -0.15) is 4.98 Å². The van der Waals surface area contributed by atoms with E-state index in [1.165, 1.54) is 17.8 Å². The lowest BCUT2D eigenvalue weighted by Gasteiger charge is -2.31. The average Bonchev–Trinajstić information content (AvgIpc) is 3.43. The smallest absolute Gasteiger partial charge is 0.338 e. The molecule has 7 nitrogen and oxygen atoms in total. The van der Waals surface area contributed by atoms with Crippen molar-refractivity contribution in [3.05, 3.63) is 110 Å². The first-order valence-electron chi connectivity index (χ1n) is 14.5. The van der Waals surface area contributed by atoms with Crippen molar-refractivity contribution < 1.29 is 18.7 Å². The van der Waals surface area contributed by atoms with Crippen LogP contribution < -0.4 is 10.1 Å². The van der Waals surface area contributed by atoms with Gasteiger partial charge < -0.3 is 14.8 Å². The van der Waals surface area contributed by atoms with Crippen LogP contribution in [0.25, 0.3) is 0 Å². The predicted octanol–water partition coefficient (Wildman–Crippen LogP) is 8.87. The summed E-state index contributed by atoms with van der Waals surface area (Å²) in [4.78, 5) is 18.7. The third-order valence-electron chi connectivity index (χ3n) is 7.77. The van der Waals surface area contributed by atoms with E-state index in [0.29, 0.717) is 51.1 Å². The SMILES string of the molecule is CC1=C(C(=O)OC2CCCCC2)C(c2cc(Br)ccc2OCc2ccc(Cl)cc2)n2nc(SCc3ccccc3F)nc2N1. The number of ether oxygens (including phenoxy) is 2. The fraction of sp³-hybridized carbons (Fsp3) is 0.303. The summed E-state index contributed by atoms with van der Waals surface area (Å²) >= 11 is 11.0. The number of benzene rings is 3. The lowest BCUT2D eigenvalue weighted by Crippen LogP contribution is -2.32. The molecule has 1 unspecified atom stereocenters. The van der Waals surface area contributed by atoms with Gasteiger partial charge in [0.15, 0.2) is 0 Å². The van der Waals surface area contributed by atoms with Gasteiger partial charge in [0.2, 0.25) is 11.1 Å². The number of esters is 1. The van der Waals surface area contributed by atoms with Gasteiger partial charge in [0, 0.05) is 26.5 Å². The Labute approximate surface area is 273 Å². The molecule has 44 heavy (non-hydrogen) atoms. The van der Waals surface area contributed by atoms with E-state index in [-0.39, 0.29) is 11.9 Å². The zero-order valence-corrected chi connectivity index (χ0v) is 27.2. The van der Waals surface area contributed by atoms with Crippen molar-refractivity contribution in [1.29, 1.82) is 0 Å². The molecule has 11 heteroatoms. The minimum Gasteiger partial charge on any atom is -0.489 e. The molecule has 0 radical (unpaired) electrons. The predicted molar refractivity (Wildman–Crippen MR) is 173 cm³/mol. The molecule has 1 fully saturated rings. The molecule has 1 aliphatic heterocycles. The maximum Gasteiger partial charge on any atom is 0.338 e. The van der Waals surface area contributed by atoms with Gasteiger partial charge in [0.1, 0.15) is 30.3 Å². The second-order valence-electron chi connectivity index (χ2n) is 10.9. The van der Waals surface area contributed by atoms with E-state index in [2.05, 4.69) is 21.2 Å². The number of hydrogen-bond donors (Lipinski definition) is 1. The number of aromatic nitrogens is 3. The summed E-state index contributed by atoms with van der Waals surface area (Å²) in [7, 11) is 0. The van der Waals surface area contributed by atoms with E-state index < -0.39 is 12.0 Å². The van der Waals surface area contributed by atoms with Crippen molar-refractivity contribution in [1.82, 2.24) is 14.8 Å². The van der Waals surface area contributed by atoms with Crippen molar-refractivity contribution in [3.8, 4) is 5.75 Å². The quantitative estimate of drug-likeness (QED) is 0.138. The largest absolute Gasteiger partial charge is 0.489 e. The van der Waals surface area contributed by atoms with Crippen LogP contribution in [-0.4, -0.2) is 26.8 Å². The maximum atomic E-state index is 14.3. The molecule has 228 valence electrons. The van der Waals surface area contributed by atoms with Crippen LogP contribution in [0.15, 0.2) is 87.6 Å². The van der Waals surface area contributed by atoms with E-state index in [0.717, 1.165) is 47.7 Å². The van der Waals surface area contributed by atoms with Crippen LogP contribution in [-0.2, 0) is 21.9 Å². The first-order valence-corrected chi connectivity index (χ1v) is 16.7. The fourth-order valence-electron chi connectivity index (χ4n) is 5.51. The Bertz CT molecular complexity index is 1690. The van der Waals surface area contributed by atoms with Crippen molar-refractivity contribution >= 4 is 51.2 Å². The number of carbonyl (C=O) groups is 1. The number of hydrogen-bond acceptors (Lipinski definition) is 7. The van der Waals surface area contributed by atoms with Crippen LogP contribution in [0.2, 0.25) is 5.02 Å².